The second-order valence-electron chi connectivity index (χ2n) is 4.03. The zero-order valence-corrected chi connectivity index (χ0v) is 12.0. The lowest BCUT2D eigenvalue weighted by Crippen LogP contribution is -2.43. The van der Waals surface area contributed by atoms with Crippen molar-refractivity contribution in [2.24, 2.45) is 0 Å². The minimum absolute atomic E-state index is 0.0337. The van der Waals surface area contributed by atoms with Crippen LogP contribution in [0.2, 0.25) is 0 Å². The van der Waals surface area contributed by atoms with Crippen molar-refractivity contribution in [3.63, 3.8) is 0 Å². The topological polar surface area (TPSA) is 41.1 Å². The Balaban J connectivity index is 2.63. The summed E-state index contributed by atoms with van der Waals surface area (Å²) in [6, 6.07) is 7.96. The highest BCUT2D eigenvalue weighted by Crippen LogP contribution is 2.22. The van der Waals surface area contributed by atoms with Crippen LogP contribution in [0.5, 0.6) is 0 Å². The van der Waals surface area contributed by atoms with E-state index in [0.29, 0.717) is 6.54 Å². The first-order valence-corrected chi connectivity index (χ1v) is 6.63. The molecule has 0 saturated carbocycles. The van der Waals surface area contributed by atoms with Gasteiger partial charge in [-0.15, -0.1) is 0 Å². The Labute approximate surface area is 111 Å². The van der Waals surface area contributed by atoms with E-state index in [1.165, 1.54) is 0 Å². The third-order valence-corrected chi connectivity index (χ3v) is 3.34. The van der Waals surface area contributed by atoms with Gasteiger partial charge in [0.25, 0.3) is 0 Å². The van der Waals surface area contributed by atoms with Crippen molar-refractivity contribution in [2.75, 3.05) is 6.54 Å². The number of hydrogen-bond acceptors (Lipinski definition) is 2. The molecule has 1 rings (SSSR count). The Bertz CT molecular complexity index is 381. The second-order valence-corrected chi connectivity index (χ2v) is 4.88. The van der Waals surface area contributed by atoms with E-state index in [1.807, 2.05) is 38.1 Å². The van der Waals surface area contributed by atoms with Crippen molar-refractivity contribution in [1.82, 2.24) is 10.6 Å². The number of amides is 1. The Morgan fingerprint density at radius 2 is 2.00 bits per heavy atom. The van der Waals surface area contributed by atoms with Gasteiger partial charge >= 0.3 is 0 Å². The molecule has 0 spiro atoms. The summed E-state index contributed by atoms with van der Waals surface area (Å²) >= 11 is 3.51. The molecule has 0 bridgehead atoms. The SMILES string of the molecule is CCNC(=O)C(C)N[C@@H](C)c1ccccc1Br. The standard InChI is InChI=1S/C13H19BrN2O/c1-4-15-13(17)10(3)16-9(2)11-7-5-6-8-12(11)14/h5-10,16H,4H2,1-3H3,(H,15,17)/t9-,10?/m0/s1. The molecule has 0 radical (unpaired) electrons. The predicted octanol–water partition coefficient (Wildman–Crippen LogP) is 2.62. The van der Waals surface area contributed by atoms with E-state index in [0.717, 1.165) is 10.0 Å². The zero-order chi connectivity index (χ0) is 12.8. The second kappa shape index (κ2) is 6.77. The van der Waals surface area contributed by atoms with Gasteiger partial charge < -0.3 is 5.32 Å². The first-order chi connectivity index (χ1) is 8.06. The molecule has 94 valence electrons. The summed E-state index contributed by atoms with van der Waals surface area (Å²) in [5.41, 5.74) is 1.16. The smallest absolute Gasteiger partial charge is 0.236 e. The number of nitrogens with one attached hydrogen (secondary N) is 2. The lowest BCUT2D eigenvalue weighted by atomic mass is 10.1. The van der Waals surface area contributed by atoms with E-state index >= 15 is 0 Å². The van der Waals surface area contributed by atoms with Crippen molar-refractivity contribution < 1.29 is 4.79 Å². The summed E-state index contributed by atoms with van der Waals surface area (Å²) in [5, 5.41) is 6.08. The Morgan fingerprint density at radius 3 is 2.59 bits per heavy atom. The average molecular weight is 299 g/mol. The predicted molar refractivity (Wildman–Crippen MR) is 73.8 cm³/mol. The summed E-state index contributed by atoms with van der Waals surface area (Å²) in [5.74, 6) is 0.0337. The number of carbonyl (C=O) groups is 1. The van der Waals surface area contributed by atoms with E-state index in [9.17, 15) is 4.79 Å². The van der Waals surface area contributed by atoms with Crippen molar-refractivity contribution in [1.29, 1.82) is 0 Å². The van der Waals surface area contributed by atoms with Crippen LogP contribution in [0.3, 0.4) is 0 Å². The van der Waals surface area contributed by atoms with E-state index in [-0.39, 0.29) is 18.0 Å². The van der Waals surface area contributed by atoms with Crippen LogP contribution >= 0.6 is 15.9 Å². The molecule has 2 N–H and O–H groups in total. The zero-order valence-electron chi connectivity index (χ0n) is 10.5. The molecule has 0 fully saturated rings. The van der Waals surface area contributed by atoms with E-state index in [1.54, 1.807) is 0 Å². The highest BCUT2D eigenvalue weighted by molar-refractivity contribution is 9.10. The van der Waals surface area contributed by atoms with Gasteiger partial charge in [0.15, 0.2) is 0 Å². The maximum atomic E-state index is 11.6. The molecule has 4 heteroatoms. The minimum Gasteiger partial charge on any atom is -0.355 e. The van der Waals surface area contributed by atoms with E-state index in [4.69, 9.17) is 0 Å². The summed E-state index contributed by atoms with van der Waals surface area (Å²) in [6.45, 7) is 6.50. The van der Waals surface area contributed by atoms with Crippen LogP contribution in [0.25, 0.3) is 0 Å². The molecule has 0 aliphatic rings. The lowest BCUT2D eigenvalue weighted by Gasteiger charge is -2.20. The molecule has 0 saturated heterocycles. The Morgan fingerprint density at radius 1 is 1.35 bits per heavy atom. The molecule has 17 heavy (non-hydrogen) atoms. The van der Waals surface area contributed by atoms with Gasteiger partial charge in [0.05, 0.1) is 6.04 Å². The van der Waals surface area contributed by atoms with Crippen LogP contribution in [0.4, 0.5) is 0 Å². The number of hydrogen-bond donors (Lipinski definition) is 2. The number of rotatable bonds is 5. The fourth-order valence-corrected chi connectivity index (χ4v) is 2.32. The van der Waals surface area contributed by atoms with Crippen LogP contribution in [0.15, 0.2) is 28.7 Å². The van der Waals surface area contributed by atoms with Crippen LogP contribution in [-0.4, -0.2) is 18.5 Å². The van der Waals surface area contributed by atoms with Gasteiger partial charge in [-0.05, 0) is 32.4 Å². The van der Waals surface area contributed by atoms with Gasteiger partial charge in [0.1, 0.15) is 0 Å². The van der Waals surface area contributed by atoms with Crippen molar-refractivity contribution in [2.45, 2.75) is 32.9 Å². The molecule has 1 unspecified atom stereocenters. The maximum Gasteiger partial charge on any atom is 0.236 e. The molecule has 1 aromatic carbocycles. The average Bonchev–Trinajstić information content (AvgIpc) is 2.29. The quantitative estimate of drug-likeness (QED) is 0.877. The molecule has 1 amide bonds. The molecule has 2 atom stereocenters. The molecular formula is C13H19BrN2O. The van der Waals surface area contributed by atoms with Gasteiger partial charge in [-0.3, -0.25) is 10.1 Å². The first-order valence-electron chi connectivity index (χ1n) is 5.84. The van der Waals surface area contributed by atoms with Gasteiger partial charge in [0.2, 0.25) is 5.91 Å². The molecular weight excluding hydrogens is 280 g/mol. The highest BCUT2D eigenvalue weighted by Gasteiger charge is 2.16. The van der Waals surface area contributed by atoms with Crippen LogP contribution in [0.1, 0.15) is 32.4 Å². The summed E-state index contributed by atoms with van der Waals surface area (Å²) in [4.78, 5) is 11.6. The van der Waals surface area contributed by atoms with Crippen molar-refractivity contribution >= 4 is 21.8 Å². The maximum absolute atomic E-state index is 11.6. The summed E-state index contributed by atoms with van der Waals surface area (Å²) in [7, 11) is 0. The third kappa shape index (κ3) is 4.13. The van der Waals surface area contributed by atoms with Gasteiger partial charge in [-0.25, -0.2) is 0 Å². The van der Waals surface area contributed by atoms with Crippen molar-refractivity contribution in [3.05, 3.63) is 34.3 Å². The molecule has 0 heterocycles. The molecule has 0 aliphatic carbocycles. The third-order valence-electron chi connectivity index (χ3n) is 2.62. The van der Waals surface area contributed by atoms with Crippen LogP contribution in [-0.2, 0) is 4.79 Å². The Kier molecular flexibility index (Phi) is 5.65. The van der Waals surface area contributed by atoms with Gasteiger partial charge in [-0.1, -0.05) is 34.1 Å². The fraction of sp³-hybridized carbons (Fsp3) is 0.462. The van der Waals surface area contributed by atoms with Crippen molar-refractivity contribution in [3.8, 4) is 0 Å². The molecule has 3 nitrogen and oxygen atoms in total. The molecule has 1 aromatic rings. The monoisotopic (exact) mass is 298 g/mol. The van der Waals surface area contributed by atoms with Gasteiger partial charge in [-0.2, -0.15) is 0 Å². The molecule has 0 aliphatic heterocycles. The highest BCUT2D eigenvalue weighted by atomic mass is 79.9. The minimum atomic E-state index is -0.197. The first kappa shape index (κ1) is 14.2. The number of carbonyl (C=O) groups excluding carboxylic acids is 1. The summed E-state index contributed by atoms with van der Waals surface area (Å²) < 4.78 is 1.06. The van der Waals surface area contributed by atoms with Crippen LogP contribution < -0.4 is 10.6 Å². The number of benzene rings is 1. The van der Waals surface area contributed by atoms with E-state index < -0.39 is 0 Å². The Hall–Kier alpha value is -0.870. The largest absolute Gasteiger partial charge is 0.355 e. The molecule has 0 aromatic heterocycles. The van der Waals surface area contributed by atoms with E-state index in [2.05, 4.69) is 33.5 Å². The number of halogens is 1. The normalized spacial score (nSPS) is 14.1. The fourth-order valence-electron chi connectivity index (χ4n) is 1.69. The lowest BCUT2D eigenvalue weighted by molar-refractivity contribution is -0.122. The van der Waals surface area contributed by atoms with Crippen LogP contribution in [0, 0.1) is 0 Å². The number of likely N-dealkylation sites (N-methyl/N-ethyl adjacent to an activating group) is 1. The summed E-state index contributed by atoms with van der Waals surface area (Å²) in [6.07, 6.45) is 0. The van der Waals surface area contributed by atoms with Gasteiger partial charge in [0, 0.05) is 17.1 Å².